The molecule has 5 nitrogen and oxygen atoms in total. The van der Waals surface area contributed by atoms with E-state index in [4.69, 9.17) is 16.1 Å². The number of piperazine rings is 1. The second kappa shape index (κ2) is 7.13. The van der Waals surface area contributed by atoms with Gasteiger partial charge in [-0.25, -0.2) is 0 Å². The topological polar surface area (TPSA) is 58.4 Å². The van der Waals surface area contributed by atoms with Crippen molar-refractivity contribution in [2.75, 3.05) is 19.6 Å². The van der Waals surface area contributed by atoms with Gasteiger partial charge >= 0.3 is 0 Å². The minimum absolute atomic E-state index is 0. The predicted molar refractivity (Wildman–Crippen MR) is 87.6 cm³/mol. The molecular weight excluding hydrogens is 325 g/mol. The SMILES string of the molecule is CC1CNCCN1C(=O)c1cc(-c2cccc(Cl)c2)no1.Cl. The molecule has 1 aromatic heterocycles. The molecule has 0 saturated carbocycles. The van der Waals surface area contributed by atoms with E-state index in [2.05, 4.69) is 10.5 Å². The van der Waals surface area contributed by atoms with Crippen LogP contribution in [-0.4, -0.2) is 41.6 Å². The quantitative estimate of drug-likeness (QED) is 0.912. The zero-order valence-electron chi connectivity index (χ0n) is 12.1. The van der Waals surface area contributed by atoms with E-state index < -0.39 is 0 Å². The highest BCUT2D eigenvalue weighted by Gasteiger charge is 2.27. The van der Waals surface area contributed by atoms with Crippen LogP contribution in [0.2, 0.25) is 5.02 Å². The van der Waals surface area contributed by atoms with Crippen LogP contribution in [0, 0.1) is 0 Å². The van der Waals surface area contributed by atoms with E-state index in [0.29, 0.717) is 17.3 Å². The number of nitrogens with one attached hydrogen (secondary N) is 1. The molecule has 2 aromatic rings. The number of hydrogen-bond acceptors (Lipinski definition) is 4. The van der Waals surface area contributed by atoms with Gasteiger partial charge in [-0.2, -0.15) is 0 Å². The van der Waals surface area contributed by atoms with Crippen LogP contribution in [-0.2, 0) is 0 Å². The molecule has 7 heteroatoms. The van der Waals surface area contributed by atoms with Crippen molar-refractivity contribution in [3.05, 3.63) is 41.1 Å². The minimum Gasteiger partial charge on any atom is -0.350 e. The minimum atomic E-state index is -0.121. The Morgan fingerprint density at radius 2 is 2.27 bits per heavy atom. The van der Waals surface area contributed by atoms with E-state index >= 15 is 0 Å². The average molecular weight is 342 g/mol. The molecule has 1 unspecified atom stereocenters. The second-order valence-electron chi connectivity index (χ2n) is 5.14. The van der Waals surface area contributed by atoms with Gasteiger partial charge in [0.1, 0.15) is 5.69 Å². The first-order valence-corrected chi connectivity index (χ1v) is 7.27. The highest BCUT2D eigenvalue weighted by molar-refractivity contribution is 6.30. The van der Waals surface area contributed by atoms with Crippen LogP contribution in [0.25, 0.3) is 11.3 Å². The van der Waals surface area contributed by atoms with E-state index in [9.17, 15) is 4.79 Å². The summed E-state index contributed by atoms with van der Waals surface area (Å²) in [6.45, 7) is 4.28. The summed E-state index contributed by atoms with van der Waals surface area (Å²) in [7, 11) is 0. The Morgan fingerprint density at radius 3 is 3.00 bits per heavy atom. The zero-order chi connectivity index (χ0) is 14.8. The third kappa shape index (κ3) is 3.43. The molecular formula is C15H17Cl2N3O2. The van der Waals surface area contributed by atoms with E-state index in [-0.39, 0.29) is 30.1 Å². The molecule has 0 aliphatic carbocycles. The molecule has 1 N–H and O–H groups in total. The van der Waals surface area contributed by atoms with Crippen molar-refractivity contribution in [2.45, 2.75) is 13.0 Å². The number of hydrogen-bond donors (Lipinski definition) is 1. The fraction of sp³-hybridized carbons (Fsp3) is 0.333. The lowest BCUT2D eigenvalue weighted by Crippen LogP contribution is -2.52. The van der Waals surface area contributed by atoms with Crippen molar-refractivity contribution >= 4 is 29.9 Å². The fourth-order valence-corrected chi connectivity index (χ4v) is 2.63. The van der Waals surface area contributed by atoms with Gasteiger partial charge in [0, 0.05) is 42.3 Å². The summed E-state index contributed by atoms with van der Waals surface area (Å²) in [6.07, 6.45) is 0. The normalized spacial score (nSPS) is 17.9. The van der Waals surface area contributed by atoms with Gasteiger partial charge in [-0.3, -0.25) is 4.79 Å². The average Bonchev–Trinajstić information content (AvgIpc) is 2.97. The van der Waals surface area contributed by atoms with Crippen molar-refractivity contribution in [1.82, 2.24) is 15.4 Å². The summed E-state index contributed by atoms with van der Waals surface area (Å²) in [5, 5.41) is 7.85. The number of carbonyl (C=O) groups is 1. The van der Waals surface area contributed by atoms with Crippen LogP contribution in [0.5, 0.6) is 0 Å². The molecule has 0 spiro atoms. The summed E-state index contributed by atoms with van der Waals surface area (Å²) in [5.41, 5.74) is 1.45. The number of nitrogens with zero attached hydrogens (tertiary/aromatic N) is 2. The molecule has 2 heterocycles. The molecule has 1 fully saturated rings. The highest BCUT2D eigenvalue weighted by Crippen LogP contribution is 2.23. The van der Waals surface area contributed by atoms with Crippen LogP contribution in [0.1, 0.15) is 17.5 Å². The van der Waals surface area contributed by atoms with Crippen molar-refractivity contribution in [2.24, 2.45) is 0 Å². The molecule has 3 rings (SSSR count). The summed E-state index contributed by atoms with van der Waals surface area (Å²) in [6, 6.07) is 9.12. The Balaban J connectivity index is 0.00000176. The van der Waals surface area contributed by atoms with Gasteiger partial charge in [0.15, 0.2) is 0 Å². The first-order valence-electron chi connectivity index (χ1n) is 6.89. The maximum atomic E-state index is 12.5. The number of aromatic nitrogens is 1. The Bertz CT molecular complexity index is 660. The van der Waals surface area contributed by atoms with Crippen LogP contribution >= 0.6 is 24.0 Å². The molecule has 0 radical (unpaired) electrons. The smallest absolute Gasteiger partial charge is 0.292 e. The largest absolute Gasteiger partial charge is 0.350 e. The standard InChI is InChI=1S/C15H16ClN3O2.ClH/c1-10-9-17-5-6-19(10)15(20)14-8-13(18-21-14)11-3-2-4-12(16)7-11;/h2-4,7-8,10,17H,5-6,9H2,1H3;1H. The molecule has 1 aliphatic heterocycles. The zero-order valence-corrected chi connectivity index (χ0v) is 13.7. The summed E-state index contributed by atoms with van der Waals surface area (Å²) < 4.78 is 5.22. The number of amides is 1. The van der Waals surface area contributed by atoms with Gasteiger partial charge in [-0.1, -0.05) is 28.9 Å². The Labute approximate surface area is 140 Å². The lowest BCUT2D eigenvalue weighted by atomic mass is 10.1. The van der Waals surface area contributed by atoms with Gasteiger partial charge in [0.2, 0.25) is 5.76 Å². The van der Waals surface area contributed by atoms with E-state index in [1.807, 2.05) is 19.1 Å². The van der Waals surface area contributed by atoms with E-state index in [1.54, 1.807) is 23.1 Å². The van der Waals surface area contributed by atoms with E-state index in [0.717, 1.165) is 18.7 Å². The maximum absolute atomic E-state index is 12.5. The third-order valence-corrected chi connectivity index (χ3v) is 3.84. The highest BCUT2D eigenvalue weighted by atomic mass is 35.5. The van der Waals surface area contributed by atoms with Crippen molar-refractivity contribution in [3.8, 4) is 11.3 Å². The Kier molecular flexibility index (Phi) is 5.45. The fourth-order valence-electron chi connectivity index (χ4n) is 2.44. The molecule has 1 atom stereocenters. The van der Waals surface area contributed by atoms with Crippen molar-refractivity contribution < 1.29 is 9.32 Å². The molecule has 118 valence electrons. The Hall–Kier alpha value is -1.56. The Morgan fingerprint density at radius 1 is 1.45 bits per heavy atom. The first-order chi connectivity index (χ1) is 10.1. The van der Waals surface area contributed by atoms with Crippen molar-refractivity contribution in [3.63, 3.8) is 0 Å². The van der Waals surface area contributed by atoms with Gasteiger partial charge in [-0.05, 0) is 19.1 Å². The van der Waals surface area contributed by atoms with Crippen LogP contribution in [0.3, 0.4) is 0 Å². The summed E-state index contributed by atoms with van der Waals surface area (Å²) in [4.78, 5) is 14.3. The van der Waals surface area contributed by atoms with Crippen LogP contribution in [0.4, 0.5) is 0 Å². The van der Waals surface area contributed by atoms with Gasteiger partial charge in [0.05, 0.1) is 0 Å². The van der Waals surface area contributed by atoms with Gasteiger partial charge < -0.3 is 14.7 Å². The monoisotopic (exact) mass is 341 g/mol. The third-order valence-electron chi connectivity index (χ3n) is 3.60. The molecule has 22 heavy (non-hydrogen) atoms. The van der Waals surface area contributed by atoms with Gasteiger partial charge in [0.25, 0.3) is 5.91 Å². The first kappa shape index (κ1) is 16.8. The number of carbonyl (C=O) groups excluding carboxylic acids is 1. The van der Waals surface area contributed by atoms with Gasteiger partial charge in [-0.15, -0.1) is 12.4 Å². The molecule has 1 aromatic carbocycles. The van der Waals surface area contributed by atoms with Crippen molar-refractivity contribution in [1.29, 1.82) is 0 Å². The predicted octanol–water partition coefficient (Wildman–Crippen LogP) is 2.85. The number of benzene rings is 1. The second-order valence-corrected chi connectivity index (χ2v) is 5.57. The molecule has 1 aliphatic rings. The lowest BCUT2D eigenvalue weighted by Gasteiger charge is -2.33. The summed E-state index contributed by atoms with van der Waals surface area (Å²) >= 11 is 5.96. The number of rotatable bonds is 2. The van der Waals surface area contributed by atoms with Crippen LogP contribution in [0.15, 0.2) is 34.9 Å². The molecule has 1 saturated heterocycles. The number of halogens is 2. The molecule has 0 bridgehead atoms. The van der Waals surface area contributed by atoms with E-state index in [1.165, 1.54) is 0 Å². The lowest BCUT2D eigenvalue weighted by molar-refractivity contribution is 0.0613. The molecule has 1 amide bonds. The maximum Gasteiger partial charge on any atom is 0.292 e. The van der Waals surface area contributed by atoms with Crippen LogP contribution < -0.4 is 5.32 Å². The summed E-state index contributed by atoms with van der Waals surface area (Å²) in [5.74, 6) is 0.142.